The van der Waals surface area contributed by atoms with E-state index in [-0.39, 0.29) is 0 Å². The third-order valence-corrected chi connectivity index (χ3v) is 3.26. The number of carbonyl (C=O) groups excluding carboxylic acids is 1. The number of hydrogen-bond donors (Lipinski definition) is 0. The molecule has 2 atom stereocenters. The molecule has 1 saturated carbocycles. The van der Waals surface area contributed by atoms with Crippen LogP contribution in [0.25, 0.3) is 0 Å². The lowest BCUT2D eigenvalue weighted by atomic mass is 10.0. The molecule has 0 bridgehead atoms. The Morgan fingerprint density at radius 2 is 2.17 bits per heavy atom. The number of carbonyl (C=O) groups is 1. The van der Waals surface area contributed by atoms with E-state index in [9.17, 15) is 4.79 Å². The van der Waals surface area contributed by atoms with Gasteiger partial charge in [-0.25, -0.2) is 0 Å². The maximum atomic E-state index is 11.6. The second-order valence-electron chi connectivity index (χ2n) is 4.36. The molecule has 68 valence electrons. The van der Waals surface area contributed by atoms with Crippen LogP contribution in [0.5, 0.6) is 0 Å². The molecule has 2 aliphatic rings. The Morgan fingerprint density at radius 3 is 2.83 bits per heavy atom. The summed E-state index contributed by atoms with van der Waals surface area (Å²) in [5.74, 6) is 1.08. The smallest absolute Gasteiger partial charge is 0.223 e. The van der Waals surface area contributed by atoms with E-state index in [4.69, 9.17) is 0 Å². The van der Waals surface area contributed by atoms with Crippen molar-refractivity contribution in [1.29, 1.82) is 0 Å². The molecule has 2 fully saturated rings. The molecule has 0 aromatic heterocycles. The molecule has 0 radical (unpaired) electrons. The van der Waals surface area contributed by atoms with Gasteiger partial charge in [-0.2, -0.15) is 0 Å². The van der Waals surface area contributed by atoms with E-state index in [1.807, 2.05) is 0 Å². The van der Waals surface area contributed by atoms with Crippen molar-refractivity contribution in [2.45, 2.75) is 51.6 Å². The first-order valence-corrected chi connectivity index (χ1v) is 5.01. The third kappa shape index (κ3) is 1.05. The van der Waals surface area contributed by atoms with Crippen LogP contribution in [-0.4, -0.2) is 22.9 Å². The van der Waals surface area contributed by atoms with E-state index in [1.54, 1.807) is 0 Å². The minimum Gasteiger partial charge on any atom is -0.337 e. The molecule has 0 spiro atoms. The van der Waals surface area contributed by atoms with E-state index in [0.717, 1.165) is 6.42 Å². The van der Waals surface area contributed by atoms with Crippen LogP contribution in [0.3, 0.4) is 0 Å². The maximum absolute atomic E-state index is 11.6. The zero-order valence-corrected chi connectivity index (χ0v) is 7.92. The number of likely N-dealkylation sites (tertiary alicyclic amines) is 1. The minimum atomic E-state index is 0.389. The summed E-state index contributed by atoms with van der Waals surface area (Å²) in [7, 11) is 0. The molecule has 1 saturated heterocycles. The van der Waals surface area contributed by atoms with Crippen LogP contribution in [0.2, 0.25) is 0 Å². The van der Waals surface area contributed by atoms with Crippen LogP contribution in [0, 0.1) is 5.92 Å². The van der Waals surface area contributed by atoms with E-state index in [2.05, 4.69) is 18.7 Å². The van der Waals surface area contributed by atoms with Crippen molar-refractivity contribution in [2.75, 3.05) is 0 Å². The lowest BCUT2D eigenvalue weighted by molar-refractivity contribution is -0.130. The van der Waals surface area contributed by atoms with Crippen molar-refractivity contribution in [1.82, 2.24) is 4.90 Å². The second kappa shape index (κ2) is 2.75. The number of nitrogens with zero attached hydrogens (tertiary/aromatic N) is 1. The predicted octanol–water partition coefficient (Wildman–Crippen LogP) is 1.80. The van der Waals surface area contributed by atoms with E-state index >= 15 is 0 Å². The van der Waals surface area contributed by atoms with Gasteiger partial charge < -0.3 is 4.90 Å². The fourth-order valence-electron chi connectivity index (χ4n) is 2.81. The quantitative estimate of drug-likeness (QED) is 0.583. The molecule has 1 aliphatic heterocycles. The molecular weight excluding hydrogens is 150 g/mol. The van der Waals surface area contributed by atoms with Crippen molar-refractivity contribution in [3.63, 3.8) is 0 Å². The van der Waals surface area contributed by atoms with E-state index in [1.165, 1.54) is 19.3 Å². The van der Waals surface area contributed by atoms with Gasteiger partial charge >= 0.3 is 0 Å². The Bertz CT molecular complexity index is 200. The first-order valence-electron chi connectivity index (χ1n) is 5.01. The van der Waals surface area contributed by atoms with Gasteiger partial charge in [0.1, 0.15) is 0 Å². The number of fused-ring (bicyclic) bond motifs is 1. The largest absolute Gasteiger partial charge is 0.337 e. The lowest BCUT2D eigenvalue weighted by Gasteiger charge is -2.27. The summed E-state index contributed by atoms with van der Waals surface area (Å²) in [5.41, 5.74) is 0. The van der Waals surface area contributed by atoms with Gasteiger partial charge in [0.05, 0.1) is 0 Å². The highest BCUT2D eigenvalue weighted by Crippen LogP contribution is 2.39. The van der Waals surface area contributed by atoms with Gasteiger partial charge in [-0.3, -0.25) is 4.79 Å². The molecule has 2 unspecified atom stereocenters. The summed E-state index contributed by atoms with van der Waals surface area (Å²) < 4.78 is 0. The average molecular weight is 167 g/mol. The molecule has 12 heavy (non-hydrogen) atoms. The normalized spacial score (nSPS) is 34.9. The summed E-state index contributed by atoms with van der Waals surface area (Å²) in [5, 5.41) is 0. The highest BCUT2D eigenvalue weighted by molar-refractivity contribution is 5.79. The molecule has 2 rings (SSSR count). The van der Waals surface area contributed by atoms with Crippen LogP contribution in [0.4, 0.5) is 0 Å². The van der Waals surface area contributed by atoms with Crippen molar-refractivity contribution >= 4 is 5.91 Å². The third-order valence-electron chi connectivity index (χ3n) is 3.26. The van der Waals surface area contributed by atoms with Gasteiger partial charge in [0.15, 0.2) is 0 Å². The zero-order chi connectivity index (χ0) is 8.72. The minimum absolute atomic E-state index is 0.389. The number of hydrogen-bond acceptors (Lipinski definition) is 1. The monoisotopic (exact) mass is 167 g/mol. The van der Waals surface area contributed by atoms with Gasteiger partial charge in [0.25, 0.3) is 0 Å². The summed E-state index contributed by atoms with van der Waals surface area (Å²) in [6.45, 7) is 4.25. The summed E-state index contributed by atoms with van der Waals surface area (Å²) >= 11 is 0. The molecular formula is C10H17NO. The standard InChI is InChI=1S/C10H17NO/c1-7(2)11-9-5-3-4-8(9)6-10(11)12/h7-9H,3-6H2,1-2H3. The van der Waals surface area contributed by atoms with Gasteiger partial charge in [0.2, 0.25) is 5.91 Å². The molecule has 0 aromatic rings. The average Bonchev–Trinajstić information content (AvgIpc) is 2.44. The fraction of sp³-hybridized carbons (Fsp3) is 0.900. The van der Waals surface area contributed by atoms with Gasteiger partial charge in [-0.1, -0.05) is 6.42 Å². The topological polar surface area (TPSA) is 20.3 Å². The highest BCUT2D eigenvalue weighted by Gasteiger charge is 2.43. The Kier molecular flexibility index (Phi) is 1.85. The van der Waals surface area contributed by atoms with Gasteiger partial charge in [-0.15, -0.1) is 0 Å². The van der Waals surface area contributed by atoms with Crippen LogP contribution in [0.15, 0.2) is 0 Å². The summed E-state index contributed by atoms with van der Waals surface area (Å²) in [6.07, 6.45) is 4.67. The van der Waals surface area contributed by atoms with Crippen LogP contribution >= 0.6 is 0 Å². The maximum Gasteiger partial charge on any atom is 0.223 e. The van der Waals surface area contributed by atoms with Crippen molar-refractivity contribution < 1.29 is 4.79 Å². The van der Waals surface area contributed by atoms with E-state index < -0.39 is 0 Å². The summed E-state index contributed by atoms with van der Waals surface area (Å²) in [4.78, 5) is 13.7. The van der Waals surface area contributed by atoms with Crippen LogP contribution < -0.4 is 0 Å². The molecule has 2 heteroatoms. The Labute approximate surface area is 73.9 Å². The lowest BCUT2D eigenvalue weighted by Crippen LogP contribution is -2.38. The van der Waals surface area contributed by atoms with Crippen molar-refractivity contribution in [3.05, 3.63) is 0 Å². The fourth-order valence-corrected chi connectivity index (χ4v) is 2.81. The summed E-state index contributed by atoms with van der Waals surface area (Å²) in [6, 6.07) is 1.00. The molecule has 0 aromatic carbocycles. The van der Waals surface area contributed by atoms with Gasteiger partial charge in [-0.05, 0) is 32.6 Å². The molecule has 1 aliphatic carbocycles. The first-order chi connectivity index (χ1) is 5.70. The Hall–Kier alpha value is -0.530. The van der Waals surface area contributed by atoms with Gasteiger partial charge in [0, 0.05) is 18.5 Å². The molecule has 1 amide bonds. The SMILES string of the molecule is CC(C)N1C(=O)CC2CCCC21. The molecule has 0 N–H and O–H groups in total. The van der Waals surface area contributed by atoms with E-state index in [0.29, 0.717) is 23.9 Å². The Balaban J connectivity index is 2.16. The van der Waals surface area contributed by atoms with Crippen molar-refractivity contribution in [2.24, 2.45) is 5.92 Å². The predicted molar refractivity (Wildman–Crippen MR) is 47.7 cm³/mol. The van der Waals surface area contributed by atoms with Crippen molar-refractivity contribution in [3.8, 4) is 0 Å². The number of rotatable bonds is 1. The van der Waals surface area contributed by atoms with Crippen LogP contribution in [-0.2, 0) is 4.79 Å². The molecule has 2 nitrogen and oxygen atoms in total. The zero-order valence-electron chi connectivity index (χ0n) is 7.92. The number of amides is 1. The Morgan fingerprint density at radius 1 is 1.42 bits per heavy atom. The van der Waals surface area contributed by atoms with Crippen LogP contribution in [0.1, 0.15) is 39.5 Å². The molecule has 1 heterocycles. The first kappa shape index (κ1) is 8.09. The highest BCUT2D eigenvalue weighted by atomic mass is 16.2. The second-order valence-corrected chi connectivity index (χ2v) is 4.36.